The van der Waals surface area contributed by atoms with Gasteiger partial charge < -0.3 is 4.74 Å². The predicted octanol–water partition coefficient (Wildman–Crippen LogP) is 1.00. The van der Waals surface area contributed by atoms with E-state index in [4.69, 9.17) is 4.74 Å². The average Bonchev–Trinajstić information content (AvgIpc) is 2.92. The summed E-state index contributed by atoms with van der Waals surface area (Å²) < 4.78 is 4.95. The fourth-order valence-electron chi connectivity index (χ4n) is 1.49. The standard InChI is InChI=1S/C11H13N5O2/c1-3-8-7(11(17)18-4-2)5-12-9(15-8)10-13-6-14-16-10/h5-6H,3-4H2,1-2H3,(H,13,14,16). The smallest absolute Gasteiger partial charge is 0.341 e. The highest BCUT2D eigenvalue weighted by molar-refractivity contribution is 5.90. The van der Waals surface area contributed by atoms with Crippen LogP contribution in [0.4, 0.5) is 0 Å². The molecule has 2 aromatic heterocycles. The van der Waals surface area contributed by atoms with Gasteiger partial charge >= 0.3 is 5.97 Å². The molecule has 2 aromatic rings. The molecule has 0 aromatic carbocycles. The van der Waals surface area contributed by atoms with Crippen molar-refractivity contribution in [1.29, 1.82) is 0 Å². The van der Waals surface area contributed by atoms with E-state index in [-0.39, 0.29) is 0 Å². The van der Waals surface area contributed by atoms with E-state index in [2.05, 4.69) is 25.1 Å². The van der Waals surface area contributed by atoms with Crippen molar-refractivity contribution in [2.45, 2.75) is 20.3 Å². The zero-order chi connectivity index (χ0) is 13.0. The van der Waals surface area contributed by atoms with E-state index in [1.807, 2.05) is 6.92 Å². The van der Waals surface area contributed by atoms with E-state index in [0.29, 0.717) is 35.9 Å². The maximum atomic E-state index is 11.7. The minimum absolute atomic E-state index is 0.325. The zero-order valence-corrected chi connectivity index (χ0v) is 10.2. The van der Waals surface area contributed by atoms with Crippen molar-refractivity contribution in [3.8, 4) is 11.6 Å². The number of esters is 1. The van der Waals surface area contributed by atoms with Gasteiger partial charge in [-0.05, 0) is 13.3 Å². The molecule has 0 saturated heterocycles. The Kier molecular flexibility index (Phi) is 3.61. The Morgan fingerprint density at radius 2 is 2.22 bits per heavy atom. The Morgan fingerprint density at radius 1 is 1.39 bits per heavy atom. The first-order valence-corrected chi connectivity index (χ1v) is 5.65. The van der Waals surface area contributed by atoms with Gasteiger partial charge in [-0.2, -0.15) is 5.10 Å². The molecule has 0 bridgehead atoms. The van der Waals surface area contributed by atoms with Crippen molar-refractivity contribution in [3.05, 3.63) is 23.8 Å². The maximum absolute atomic E-state index is 11.7. The van der Waals surface area contributed by atoms with Gasteiger partial charge in [0.15, 0.2) is 11.6 Å². The lowest BCUT2D eigenvalue weighted by atomic mass is 10.2. The Hall–Kier alpha value is -2.31. The molecule has 0 aliphatic heterocycles. The molecule has 2 rings (SSSR count). The van der Waals surface area contributed by atoms with Crippen molar-refractivity contribution in [1.82, 2.24) is 25.1 Å². The molecule has 0 atom stereocenters. The number of nitrogens with one attached hydrogen (secondary N) is 1. The van der Waals surface area contributed by atoms with Crippen LogP contribution in [0.2, 0.25) is 0 Å². The Labute approximate surface area is 104 Å². The quantitative estimate of drug-likeness (QED) is 0.810. The van der Waals surface area contributed by atoms with Crippen LogP contribution < -0.4 is 0 Å². The number of hydrogen-bond donors (Lipinski definition) is 1. The lowest BCUT2D eigenvalue weighted by Gasteiger charge is -2.06. The Morgan fingerprint density at radius 3 is 2.83 bits per heavy atom. The third kappa shape index (κ3) is 2.34. The average molecular weight is 247 g/mol. The van der Waals surface area contributed by atoms with E-state index in [0.717, 1.165) is 0 Å². The highest BCUT2D eigenvalue weighted by Crippen LogP contribution is 2.13. The summed E-state index contributed by atoms with van der Waals surface area (Å²) in [5.74, 6) is 0.482. The van der Waals surface area contributed by atoms with Gasteiger partial charge in [-0.3, -0.25) is 5.10 Å². The number of H-pyrrole nitrogens is 1. The predicted molar refractivity (Wildman–Crippen MR) is 62.7 cm³/mol. The van der Waals surface area contributed by atoms with Crippen molar-refractivity contribution in [2.24, 2.45) is 0 Å². The van der Waals surface area contributed by atoms with Gasteiger partial charge in [0, 0.05) is 6.20 Å². The molecule has 0 unspecified atom stereocenters. The molecule has 7 nitrogen and oxygen atoms in total. The number of hydrogen-bond acceptors (Lipinski definition) is 6. The summed E-state index contributed by atoms with van der Waals surface area (Å²) in [6.07, 6.45) is 3.45. The monoisotopic (exact) mass is 247 g/mol. The number of aromatic amines is 1. The fourth-order valence-corrected chi connectivity index (χ4v) is 1.49. The number of ether oxygens (including phenoxy) is 1. The van der Waals surface area contributed by atoms with Crippen LogP contribution in [0.5, 0.6) is 0 Å². The summed E-state index contributed by atoms with van der Waals surface area (Å²) in [6, 6.07) is 0. The van der Waals surface area contributed by atoms with Gasteiger partial charge in [-0.25, -0.2) is 19.7 Å². The number of aromatic nitrogens is 5. The van der Waals surface area contributed by atoms with Gasteiger partial charge in [0.05, 0.1) is 17.9 Å². The second-order valence-corrected chi connectivity index (χ2v) is 3.46. The lowest BCUT2D eigenvalue weighted by molar-refractivity contribution is 0.0524. The first kappa shape index (κ1) is 12.2. The molecule has 0 radical (unpaired) electrons. The molecule has 0 aliphatic carbocycles. The molecule has 94 valence electrons. The minimum Gasteiger partial charge on any atom is -0.462 e. The third-order valence-electron chi connectivity index (χ3n) is 2.32. The van der Waals surface area contributed by atoms with Crippen molar-refractivity contribution < 1.29 is 9.53 Å². The summed E-state index contributed by atoms with van der Waals surface area (Å²) in [7, 11) is 0. The maximum Gasteiger partial charge on any atom is 0.341 e. The second kappa shape index (κ2) is 5.35. The molecule has 0 saturated carbocycles. The Bertz CT molecular complexity index is 538. The van der Waals surface area contributed by atoms with Crippen LogP contribution in [0, 0.1) is 0 Å². The molecule has 7 heteroatoms. The molecule has 18 heavy (non-hydrogen) atoms. The highest BCUT2D eigenvalue weighted by atomic mass is 16.5. The minimum atomic E-state index is -0.404. The summed E-state index contributed by atoms with van der Waals surface area (Å²) in [6.45, 7) is 3.99. The second-order valence-electron chi connectivity index (χ2n) is 3.46. The van der Waals surface area contributed by atoms with Gasteiger partial charge in [0.25, 0.3) is 0 Å². The summed E-state index contributed by atoms with van der Waals surface area (Å²) in [5.41, 5.74) is 1.03. The number of carbonyl (C=O) groups excluding carboxylic acids is 1. The van der Waals surface area contributed by atoms with Gasteiger partial charge in [-0.1, -0.05) is 6.92 Å². The number of carbonyl (C=O) groups is 1. The first-order chi connectivity index (χ1) is 8.76. The van der Waals surface area contributed by atoms with Crippen LogP contribution in [-0.2, 0) is 11.2 Å². The van der Waals surface area contributed by atoms with E-state index >= 15 is 0 Å². The summed E-state index contributed by atoms with van der Waals surface area (Å²) >= 11 is 0. The van der Waals surface area contributed by atoms with Gasteiger partial charge in [-0.15, -0.1) is 0 Å². The van der Waals surface area contributed by atoms with Crippen LogP contribution >= 0.6 is 0 Å². The topological polar surface area (TPSA) is 93.6 Å². The molecule has 2 heterocycles. The molecule has 0 aliphatic rings. The number of nitrogens with zero attached hydrogens (tertiary/aromatic N) is 4. The van der Waals surface area contributed by atoms with Crippen LogP contribution in [0.3, 0.4) is 0 Å². The van der Waals surface area contributed by atoms with Gasteiger partial charge in [0.1, 0.15) is 6.33 Å². The first-order valence-electron chi connectivity index (χ1n) is 5.65. The number of rotatable bonds is 4. The van der Waals surface area contributed by atoms with Crippen molar-refractivity contribution >= 4 is 5.97 Å². The summed E-state index contributed by atoms with van der Waals surface area (Å²) in [4.78, 5) is 24.0. The SMILES string of the molecule is CCOC(=O)c1cnc(-c2ncn[nH]2)nc1CC. The van der Waals surface area contributed by atoms with E-state index < -0.39 is 5.97 Å². The zero-order valence-electron chi connectivity index (χ0n) is 10.2. The fraction of sp³-hybridized carbons (Fsp3) is 0.364. The van der Waals surface area contributed by atoms with Crippen molar-refractivity contribution in [2.75, 3.05) is 6.61 Å². The van der Waals surface area contributed by atoms with E-state index in [1.54, 1.807) is 6.92 Å². The molecule has 1 N–H and O–H groups in total. The van der Waals surface area contributed by atoms with Gasteiger partial charge in [0.2, 0.25) is 0 Å². The summed E-state index contributed by atoms with van der Waals surface area (Å²) in [5, 5.41) is 6.41. The van der Waals surface area contributed by atoms with Crippen LogP contribution in [0.15, 0.2) is 12.5 Å². The van der Waals surface area contributed by atoms with Crippen LogP contribution in [0.1, 0.15) is 29.9 Å². The molecule has 0 spiro atoms. The lowest BCUT2D eigenvalue weighted by Crippen LogP contribution is -2.11. The third-order valence-corrected chi connectivity index (χ3v) is 2.32. The van der Waals surface area contributed by atoms with E-state index in [1.165, 1.54) is 12.5 Å². The Balaban J connectivity index is 2.37. The largest absolute Gasteiger partial charge is 0.462 e. The molecule has 0 fully saturated rings. The normalized spacial score (nSPS) is 10.3. The number of aryl methyl sites for hydroxylation is 1. The molecule has 0 amide bonds. The van der Waals surface area contributed by atoms with E-state index in [9.17, 15) is 4.79 Å². The van der Waals surface area contributed by atoms with Crippen molar-refractivity contribution in [3.63, 3.8) is 0 Å². The van der Waals surface area contributed by atoms with Crippen LogP contribution in [-0.4, -0.2) is 37.7 Å². The highest BCUT2D eigenvalue weighted by Gasteiger charge is 2.15. The molecular formula is C11H13N5O2. The molecular weight excluding hydrogens is 234 g/mol. The van der Waals surface area contributed by atoms with Crippen LogP contribution in [0.25, 0.3) is 11.6 Å².